The van der Waals surface area contributed by atoms with Gasteiger partial charge in [-0.2, -0.15) is 0 Å². The Kier molecular flexibility index (Phi) is 6.13. The molecule has 0 spiro atoms. The highest BCUT2D eigenvalue weighted by molar-refractivity contribution is 5.95. The van der Waals surface area contributed by atoms with Gasteiger partial charge in [0.1, 0.15) is 11.6 Å². The summed E-state index contributed by atoms with van der Waals surface area (Å²) in [5.74, 6) is 0.545. The maximum atomic E-state index is 13.3. The van der Waals surface area contributed by atoms with Crippen molar-refractivity contribution < 1.29 is 18.7 Å². The van der Waals surface area contributed by atoms with Crippen molar-refractivity contribution >= 4 is 22.9 Å². The Morgan fingerprint density at radius 1 is 1.09 bits per heavy atom. The molecule has 2 amide bonds. The van der Waals surface area contributed by atoms with E-state index in [1.54, 1.807) is 0 Å². The molecule has 3 atom stereocenters. The molecule has 0 bridgehead atoms. The minimum Gasteiger partial charge on any atom is -0.436 e. The number of rotatable bonds is 6. The molecule has 1 aromatic heterocycles. The molecule has 2 fully saturated rings. The predicted octanol–water partition coefficient (Wildman–Crippen LogP) is 4.17. The summed E-state index contributed by atoms with van der Waals surface area (Å²) in [6, 6.07) is 15.3. The molecule has 1 N–H and O–H groups in total. The molecule has 1 saturated heterocycles. The topological polar surface area (TPSA) is 84.7 Å². The third kappa shape index (κ3) is 4.50. The summed E-state index contributed by atoms with van der Waals surface area (Å²) in [6.45, 7) is 3.29. The van der Waals surface area contributed by atoms with Gasteiger partial charge in [-0.1, -0.05) is 12.1 Å². The molecule has 1 unspecified atom stereocenters. The zero-order chi connectivity index (χ0) is 22.8. The van der Waals surface area contributed by atoms with E-state index < -0.39 is 0 Å². The highest BCUT2D eigenvalue weighted by atomic mass is 16.5. The van der Waals surface area contributed by atoms with Crippen molar-refractivity contribution in [3.05, 3.63) is 54.1 Å². The maximum Gasteiger partial charge on any atom is 0.254 e. The quantitative estimate of drug-likeness (QED) is 0.613. The van der Waals surface area contributed by atoms with Crippen LogP contribution in [0.15, 0.2) is 52.9 Å². The van der Waals surface area contributed by atoms with Crippen molar-refractivity contribution in [1.82, 2.24) is 15.2 Å². The molecule has 172 valence electrons. The van der Waals surface area contributed by atoms with Gasteiger partial charge in [0, 0.05) is 36.4 Å². The largest absolute Gasteiger partial charge is 0.436 e. The molecule has 33 heavy (non-hydrogen) atoms. The number of ether oxygens (including phenoxy) is 1. The van der Waals surface area contributed by atoms with Crippen LogP contribution >= 0.6 is 0 Å². The Balaban J connectivity index is 1.23. The molecule has 1 aliphatic heterocycles. The lowest BCUT2D eigenvalue weighted by atomic mass is 10.1. The summed E-state index contributed by atoms with van der Waals surface area (Å²) in [5.41, 5.74) is 3.03. The Labute approximate surface area is 193 Å². The molecule has 2 aromatic carbocycles. The van der Waals surface area contributed by atoms with Gasteiger partial charge in [-0.15, -0.1) is 0 Å². The summed E-state index contributed by atoms with van der Waals surface area (Å²) < 4.78 is 11.3. The molecule has 1 aliphatic carbocycles. The van der Waals surface area contributed by atoms with E-state index in [0.717, 1.165) is 48.8 Å². The minimum absolute atomic E-state index is 0.0117. The number of hydrogen-bond donors (Lipinski definition) is 1. The van der Waals surface area contributed by atoms with E-state index in [2.05, 4.69) is 10.3 Å². The molecule has 2 aliphatic rings. The number of benzene rings is 2. The normalized spacial score (nSPS) is 22.5. The van der Waals surface area contributed by atoms with Crippen molar-refractivity contribution in [2.75, 3.05) is 13.2 Å². The van der Waals surface area contributed by atoms with Crippen LogP contribution in [0.3, 0.4) is 0 Å². The van der Waals surface area contributed by atoms with Crippen LogP contribution in [0.5, 0.6) is 0 Å². The summed E-state index contributed by atoms with van der Waals surface area (Å²) in [4.78, 5) is 32.1. The molecule has 5 rings (SSSR count). The number of amides is 2. The van der Waals surface area contributed by atoms with Crippen molar-refractivity contribution in [2.45, 2.75) is 57.2 Å². The van der Waals surface area contributed by atoms with Crippen LogP contribution in [-0.2, 0) is 9.53 Å². The van der Waals surface area contributed by atoms with Crippen molar-refractivity contribution in [2.24, 2.45) is 0 Å². The minimum atomic E-state index is -0.312. The molecular weight excluding hydrogens is 418 g/mol. The second-order valence-electron chi connectivity index (χ2n) is 8.83. The van der Waals surface area contributed by atoms with E-state index in [1.807, 2.05) is 60.4 Å². The average Bonchev–Trinajstić information content (AvgIpc) is 3.60. The average molecular weight is 448 g/mol. The predicted molar refractivity (Wildman–Crippen MR) is 125 cm³/mol. The molecule has 2 heterocycles. The van der Waals surface area contributed by atoms with Gasteiger partial charge in [-0.25, -0.2) is 4.98 Å². The lowest BCUT2D eigenvalue weighted by molar-refractivity contribution is -0.130. The first kappa shape index (κ1) is 21.6. The van der Waals surface area contributed by atoms with E-state index >= 15 is 0 Å². The first-order valence-corrected chi connectivity index (χ1v) is 11.8. The third-order valence-corrected chi connectivity index (χ3v) is 6.69. The van der Waals surface area contributed by atoms with Gasteiger partial charge in [-0.05, 0) is 75.4 Å². The first-order valence-electron chi connectivity index (χ1n) is 11.8. The van der Waals surface area contributed by atoms with E-state index in [-0.39, 0.29) is 30.0 Å². The number of oxazole rings is 1. The van der Waals surface area contributed by atoms with Crippen molar-refractivity contribution in [3.8, 4) is 11.5 Å². The number of aromatic nitrogens is 1. The smallest absolute Gasteiger partial charge is 0.254 e. The van der Waals surface area contributed by atoms with E-state index in [9.17, 15) is 9.59 Å². The second-order valence-corrected chi connectivity index (χ2v) is 8.83. The lowest BCUT2D eigenvalue weighted by Gasteiger charge is -2.28. The van der Waals surface area contributed by atoms with Crippen LogP contribution in [0.2, 0.25) is 0 Å². The number of carbonyl (C=O) groups excluding carboxylic acids is 2. The van der Waals surface area contributed by atoms with Crippen LogP contribution in [0.1, 0.15) is 49.4 Å². The van der Waals surface area contributed by atoms with Crippen LogP contribution in [0.25, 0.3) is 22.6 Å². The van der Waals surface area contributed by atoms with E-state index in [0.29, 0.717) is 24.6 Å². The maximum absolute atomic E-state index is 13.3. The fourth-order valence-corrected chi connectivity index (χ4v) is 4.93. The number of carbonyl (C=O) groups is 2. The Bertz CT molecular complexity index is 1100. The molecular formula is C26H29N3O4. The SMILES string of the molecule is CCN(C(=O)c1ccc(-c2nc3ccccc3o2)cc1)[C@@H]1CC[C@H](NC(=O)C2CCCO2)C1. The monoisotopic (exact) mass is 447 g/mol. The summed E-state index contributed by atoms with van der Waals surface area (Å²) >= 11 is 0. The van der Waals surface area contributed by atoms with Gasteiger partial charge >= 0.3 is 0 Å². The van der Waals surface area contributed by atoms with Gasteiger partial charge in [0.15, 0.2) is 5.58 Å². The highest BCUT2D eigenvalue weighted by Gasteiger charge is 2.34. The Morgan fingerprint density at radius 3 is 2.64 bits per heavy atom. The number of nitrogens with zero attached hydrogens (tertiary/aromatic N) is 2. The second kappa shape index (κ2) is 9.35. The molecule has 0 radical (unpaired) electrons. The summed E-state index contributed by atoms with van der Waals surface area (Å²) in [7, 11) is 0. The first-order chi connectivity index (χ1) is 16.1. The van der Waals surface area contributed by atoms with E-state index in [4.69, 9.17) is 9.15 Å². The van der Waals surface area contributed by atoms with Gasteiger partial charge in [0.2, 0.25) is 11.8 Å². The van der Waals surface area contributed by atoms with Crippen LogP contribution in [0, 0.1) is 0 Å². The zero-order valence-electron chi connectivity index (χ0n) is 18.8. The third-order valence-electron chi connectivity index (χ3n) is 6.69. The van der Waals surface area contributed by atoms with Gasteiger partial charge in [-0.3, -0.25) is 9.59 Å². The zero-order valence-corrected chi connectivity index (χ0v) is 18.8. The highest BCUT2D eigenvalue weighted by Crippen LogP contribution is 2.28. The number of hydrogen-bond acceptors (Lipinski definition) is 5. The van der Waals surface area contributed by atoms with Crippen molar-refractivity contribution in [3.63, 3.8) is 0 Å². The molecule has 3 aromatic rings. The fraction of sp³-hybridized carbons (Fsp3) is 0.423. The van der Waals surface area contributed by atoms with Crippen molar-refractivity contribution in [1.29, 1.82) is 0 Å². The Hall–Kier alpha value is -3.19. The lowest BCUT2D eigenvalue weighted by Crippen LogP contribution is -2.43. The van der Waals surface area contributed by atoms with Gasteiger partial charge in [0.25, 0.3) is 5.91 Å². The van der Waals surface area contributed by atoms with Crippen LogP contribution in [0.4, 0.5) is 0 Å². The number of para-hydroxylation sites is 2. The summed E-state index contributed by atoms with van der Waals surface area (Å²) in [5, 5.41) is 3.13. The molecule has 1 saturated carbocycles. The Morgan fingerprint density at radius 2 is 1.91 bits per heavy atom. The number of fused-ring (bicyclic) bond motifs is 1. The molecule has 7 heteroatoms. The molecule has 7 nitrogen and oxygen atoms in total. The van der Waals surface area contributed by atoms with Gasteiger partial charge < -0.3 is 19.4 Å². The van der Waals surface area contributed by atoms with Crippen LogP contribution in [-0.4, -0.2) is 53.0 Å². The summed E-state index contributed by atoms with van der Waals surface area (Å²) in [6.07, 6.45) is 3.96. The fourth-order valence-electron chi connectivity index (χ4n) is 4.93. The van der Waals surface area contributed by atoms with E-state index in [1.165, 1.54) is 0 Å². The standard InChI is InChI=1S/C26H29N3O4/c1-2-29(20-14-13-19(16-20)27-24(30)23-8-5-15-32-23)26(31)18-11-9-17(10-12-18)25-28-21-6-3-4-7-22(21)33-25/h3-4,6-7,9-12,19-20,23H,2,5,8,13-16H2,1H3,(H,27,30)/t19-,20+,23?/m0/s1. The van der Waals surface area contributed by atoms with Gasteiger partial charge in [0.05, 0.1) is 0 Å². The van der Waals surface area contributed by atoms with Crippen LogP contribution < -0.4 is 5.32 Å². The number of nitrogens with one attached hydrogen (secondary N) is 1.